The van der Waals surface area contributed by atoms with Crippen molar-refractivity contribution in [1.29, 1.82) is 0 Å². The second-order valence-electron chi connectivity index (χ2n) is 6.50. The molecule has 1 fully saturated rings. The molecule has 2 N–H and O–H groups in total. The highest BCUT2D eigenvalue weighted by Crippen LogP contribution is 2.22. The fraction of sp³-hybridized carbons (Fsp3) is 0.136. The first-order chi connectivity index (χ1) is 13.7. The van der Waals surface area contributed by atoms with Gasteiger partial charge in [0.1, 0.15) is 0 Å². The lowest BCUT2D eigenvalue weighted by atomic mass is 10.0. The van der Waals surface area contributed by atoms with Gasteiger partial charge < -0.3 is 10.6 Å². The zero-order valence-electron chi connectivity index (χ0n) is 15.2. The number of amides is 3. The molecule has 0 aliphatic carbocycles. The summed E-state index contributed by atoms with van der Waals surface area (Å²) in [4.78, 5) is 30.7. The van der Waals surface area contributed by atoms with Crippen LogP contribution in [0.1, 0.15) is 27.7 Å². The lowest BCUT2D eigenvalue weighted by Gasteiger charge is -2.19. The van der Waals surface area contributed by atoms with Gasteiger partial charge in [0.15, 0.2) is 0 Å². The zero-order valence-corrected chi connectivity index (χ0v) is 15.2. The van der Waals surface area contributed by atoms with Crippen LogP contribution < -0.4 is 15.5 Å². The van der Waals surface area contributed by atoms with E-state index in [-0.39, 0.29) is 18.0 Å². The third-order valence-electron chi connectivity index (χ3n) is 4.69. The quantitative estimate of drug-likeness (QED) is 0.723. The number of nitrogens with one attached hydrogen (secondary N) is 2. The average Bonchev–Trinajstić information content (AvgIpc) is 3.19. The van der Waals surface area contributed by atoms with E-state index < -0.39 is 0 Å². The van der Waals surface area contributed by atoms with E-state index in [1.165, 1.54) is 0 Å². The van der Waals surface area contributed by atoms with E-state index in [9.17, 15) is 9.59 Å². The van der Waals surface area contributed by atoms with Crippen LogP contribution >= 0.6 is 0 Å². The summed E-state index contributed by atoms with van der Waals surface area (Å²) in [5, 5.41) is 5.84. The van der Waals surface area contributed by atoms with Crippen molar-refractivity contribution in [1.82, 2.24) is 15.6 Å². The Hall–Kier alpha value is -3.67. The number of aromatic nitrogens is 1. The molecule has 1 saturated heterocycles. The van der Waals surface area contributed by atoms with Crippen molar-refractivity contribution in [3.63, 3.8) is 0 Å². The number of pyridine rings is 1. The molecule has 140 valence electrons. The number of carbonyl (C=O) groups excluding carboxylic acids is 2. The predicted molar refractivity (Wildman–Crippen MR) is 107 cm³/mol. The van der Waals surface area contributed by atoms with E-state index in [2.05, 4.69) is 15.6 Å². The molecule has 1 unspecified atom stereocenters. The van der Waals surface area contributed by atoms with Crippen LogP contribution in [0, 0.1) is 0 Å². The highest BCUT2D eigenvalue weighted by atomic mass is 16.2. The minimum atomic E-state index is -0.348. The number of nitrogens with zero attached hydrogens (tertiary/aromatic N) is 2. The summed E-state index contributed by atoms with van der Waals surface area (Å²) in [7, 11) is 0. The highest BCUT2D eigenvalue weighted by molar-refractivity contribution is 5.97. The minimum absolute atomic E-state index is 0.114. The van der Waals surface area contributed by atoms with Crippen LogP contribution in [0.4, 0.5) is 10.5 Å². The van der Waals surface area contributed by atoms with Crippen molar-refractivity contribution in [3.8, 4) is 0 Å². The summed E-state index contributed by atoms with van der Waals surface area (Å²) >= 11 is 0. The fourth-order valence-electron chi connectivity index (χ4n) is 3.25. The monoisotopic (exact) mass is 372 g/mol. The summed E-state index contributed by atoms with van der Waals surface area (Å²) in [6, 6.07) is 22.0. The lowest BCUT2D eigenvalue weighted by molar-refractivity contribution is 0.0942. The minimum Gasteiger partial charge on any atom is -0.340 e. The van der Waals surface area contributed by atoms with Gasteiger partial charge in [-0.2, -0.15) is 0 Å². The average molecular weight is 372 g/mol. The van der Waals surface area contributed by atoms with Crippen LogP contribution in [0.2, 0.25) is 0 Å². The third kappa shape index (κ3) is 3.71. The predicted octanol–water partition coefficient (Wildman–Crippen LogP) is 3.13. The molecule has 3 amide bonds. The number of hydrogen-bond donors (Lipinski definition) is 2. The number of anilines is 1. The van der Waals surface area contributed by atoms with Crippen LogP contribution in [0.3, 0.4) is 0 Å². The van der Waals surface area contributed by atoms with Crippen LogP contribution in [0.15, 0.2) is 79.0 Å². The Kier molecular flexibility index (Phi) is 5.01. The first kappa shape index (κ1) is 17.7. The van der Waals surface area contributed by atoms with E-state index in [4.69, 9.17) is 0 Å². The zero-order chi connectivity index (χ0) is 19.3. The van der Waals surface area contributed by atoms with Crippen LogP contribution in [0.5, 0.6) is 0 Å². The van der Waals surface area contributed by atoms with E-state index in [1.54, 1.807) is 35.4 Å². The second kappa shape index (κ2) is 7.92. The van der Waals surface area contributed by atoms with Crippen molar-refractivity contribution in [3.05, 3.63) is 95.8 Å². The number of hydrogen-bond acceptors (Lipinski definition) is 3. The molecule has 6 nitrogen and oxygen atoms in total. The van der Waals surface area contributed by atoms with E-state index >= 15 is 0 Å². The number of benzene rings is 2. The van der Waals surface area contributed by atoms with Crippen molar-refractivity contribution < 1.29 is 9.59 Å². The fourth-order valence-corrected chi connectivity index (χ4v) is 3.25. The van der Waals surface area contributed by atoms with Gasteiger partial charge in [-0.25, -0.2) is 4.79 Å². The maximum atomic E-state index is 12.9. The molecule has 3 aromatic rings. The molecular weight excluding hydrogens is 352 g/mol. The smallest absolute Gasteiger partial charge is 0.321 e. The van der Waals surface area contributed by atoms with Gasteiger partial charge in [0, 0.05) is 30.5 Å². The molecule has 2 heterocycles. The van der Waals surface area contributed by atoms with Crippen molar-refractivity contribution in [2.24, 2.45) is 0 Å². The van der Waals surface area contributed by atoms with E-state index in [0.717, 1.165) is 16.9 Å². The lowest BCUT2D eigenvalue weighted by Crippen LogP contribution is -2.30. The first-order valence-electron chi connectivity index (χ1n) is 9.14. The van der Waals surface area contributed by atoms with E-state index in [0.29, 0.717) is 18.7 Å². The van der Waals surface area contributed by atoms with E-state index in [1.807, 2.05) is 48.5 Å². The summed E-state index contributed by atoms with van der Waals surface area (Å²) in [5.41, 5.74) is 3.03. The van der Waals surface area contributed by atoms with Gasteiger partial charge in [-0.15, -0.1) is 0 Å². The van der Waals surface area contributed by atoms with Gasteiger partial charge in [-0.3, -0.25) is 14.7 Å². The molecule has 28 heavy (non-hydrogen) atoms. The van der Waals surface area contributed by atoms with Crippen LogP contribution in [0.25, 0.3) is 0 Å². The SMILES string of the molecule is O=C(NC(c1ccccc1)c1ccccn1)c1ccc(N2CCNC2=O)cc1. The summed E-state index contributed by atoms with van der Waals surface area (Å²) in [6.07, 6.45) is 1.72. The summed E-state index contributed by atoms with van der Waals surface area (Å²) < 4.78 is 0. The molecule has 2 aromatic carbocycles. The maximum Gasteiger partial charge on any atom is 0.321 e. The molecule has 0 bridgehead atoms. The molecule has 6 heteroatoms. The summed E-state index contributed by atoms with van der Waals surface area (Å²) in [5.74, 6) is -0.197. The van der Waals surface area contributed by atoms with Crippen molar-refractivity contribution >= 4 is 17.6 Å². The molecule has 1 atom stereocenters. The Morgan fingerprint density at radius 2 is 1.75 bits per heavy atom. The van der Waals surface area contributed by atoms with Crippen LogP contribution in [-0.4, -0.2) is 30.0 Å². The molecule has 1 aliphatic rings. The molecule has 0 saturated carbocycles. The second-order valence-corrected chi connectivity index (χ2v) is 6.50. The number of rotatable bonds is 5. The van der Waals surface area contributed by atoms with Gasteiger partial charge in [0.2, 0.25) is 0 Å². The summed E-state index contributed by atoms with van der Waals surface area (Å²) in [6.45, 7) is 1.25. The Labute approximate surface area is 163 Å². The molecule has 0 radical (unpaired) electrons. The number of urea groups is 1. The maximum absolute atomic E-state index is 12.9. The normalized spacial score (nSPS) is 14.4. The standard InChI is InChI=1S/C22H20N4O2/c27-21(17-9-11-18(12-10-17)26-15-14-24-22(26)28)25-20(16-6-2-1-3-7-16)19-8-4-5-13-23-19/h1-13,20H,14-15H2,(H,24,28)(H,25,27). The van der Waals surface area contributed by atoms with Gasteiger partial charge in [-0.1, -0.05) is 36.4 Å². The molecule has 1 aromatic heterocycles. The first-order valence-corrected chi connectivity index (χ1v) is 9.14. The Morgan fingerprint density at radius 1 is 1.00 bits per heavy atom. The van der Waals surface area contributed by atoms with Gasteiger partial charge in [0.25, 0.3) is 5.91 Å². The topological polar surface area (TPSA) is 74.3 Å². The van der Waals surface area contributed by atoms with Crippen LogP contribution in [-0.2, 0) is 0 Å². The molecule has 0 spiro atoms. The highest BCUT2D eigenvalue weighted by Gasteiger charge is 2.22. The Bertz CT molecular complexity index is 919. The third-order valence-corrected chi connectivity index (χ3v) is 4.69. The van der Waals surface area contributed by atoms with Gasteiger partial charge >= 0.3 is 6.03 Å². The molecular formula is C22H20N4O2. The number of carbonyl (C=O) groups is 2. The van der Waals surface area contributed by atoms with Gasteiger partial charge in [0.05, 0.1) is 11.7 Å². The van der Waals surface area contributed by atoms with Gasteiger partial charge in [-0.05, 0) is 42.0 Å². The van der Waals surface area contributed by atoms with Crippen molar-refractivity contribution in [2.75, 3.05) is 18.0 Å². The molecule has 4 rings (SSSR count). The Morgan fingerprint density at radius 3 is 2.39 bits per heavy atom. The Balaban J connectivity index is 1.55. The molecule has 1 aliphatic heterocycles. The van der Waals surface area contributed by atoms with Crippen molar-refractivity contribution in [2.45, 2.75) is 6.04 Å². The largest absolute Gasteiger partial charge is 0.340 e.